The van der Waals surface area contributed by atoms with E-state index >= 15 is 0 Å². The summed E-state index contributed by atoms with van der Waals surface area (Å²) in [5, 5.41) is 12.1. The quantitative estimate of drug-likeness (QED) is 0.635. The minimum Gasteiger partial charge on any atom is -0.478 e. The minimum atomic E-state index is -0.827. The molecule has 3 heteroatoms. The van der Waals surface area contributed by atoms with Crippen molar-refractivity contribution >= 4 is 5.97 Å². The van der Waals surface area contributed by atoms with Crippen molar-refractivity contribution in [3.63, 3.8) is 0 Å². The minimum absolute atomic E-state index is 0.420. The molecular formula is C12H21NO2. The topological polar surface area (TPSA) is 49.3 Å². The highest BCUT2D eigenvalue weighted by Gasteiger charge is 2.24. The average molecular weight is 211 g/mol. The molecule has 2 N–H and O–H groups in total. The predicted molar refractivity (Wildman–Crippen MR) is 60.8 cm³/mol. The number of nitrogens with one attached hydrogen (secondary N) is 1. The standard InChI is InChI=1S/C12H21NO2/c1-3-11(8-10-4-5-10)13-7-6-9(2)12(14)15/h6,10-11,13H,3-5,7-8H2,1-2H3,(H,14,15)/b9-6-. The zero-order valence-corrected chi connectivity index (χ0v) is 9.62. The van der Waals surface area contributed by atoms with Crippen LogP contribution in [0.2, 0.25) is 0 Å². The van der Waals surface area contributed by atoms with E-state index in [0.717, 1.165) is 12.3 Å². The molecule has 0 aromatic carbocycles. The molecule has 0 amide bonds. The Kier molecular flexibility index (Phi) is 4.82. The molecule has 1 fully saturated rings. The monoisotopic (exact) mass is 211 g/mol. The van der Waals surface area contributed by atoms with E-state index in [0.29, 0.717) is 18.2 Å². The van der Waals surface area contributed by atoms with Crippen LogP contribution in [0, 0.1) is 5.92 Å². The molecule has 1 unspecified atom stereocenters. The second kappa shape index (κ2) is 5.91. The van der Waals surface area contributed by atoms with Gasteiger partial charge in [-0.3, -0.25) is 0 Å². The van der Waals surface area contributed by atoms with Crippen LogP contribution >= 0.6 is 0 Å². The summed E-state index contributed by atoms with van der Waals surface area (Å²) in [5.41, 5.74) is 0.420. The lowest BCUT2D eigenvalue weighted by Gasteiger charge is -2.15. The molecule has 1 rings (SSSR count). The van der Waals surface area contributed by atoms with Crippen molar-refractivity contribution in [2.75, 3.05) is 6.54 Å². The number of hydrogen-bond donors (Lipinski definition) is 2. The first-order valence-corrected chi connectivity index (χ1v) is 5.77. The Balaban J connectivity index is 2.20. The van der Waals surface area contributed by atoms with E-state index < -0.39 is 5.97 Å². The number of carboxylic acids is 1. The van der Waals surface area contributed by atoms with E-state index in [-0.39, 0.29) is 0 Å². The van der Waals surface area contributed by atoms with Crippen molar-refractivity contribution in [2.24, 2.45) is 5.92 Å². The summed E-state index contributed by atoms with van der Waals surface area (Å²) in [5.74, 6) is 0.0963. The Labute approximate surface area is 91.6 Å². The van der Waals surface area contributed by atoms with Gasteiger partial charge in [-0.05, 0) is 25.7 Å². The summed E-state index contributed by atoms with van der Waals surface area (Å²) < 4.78 is 0. The first-order chi connectivity index (χ1) is 7.13. The molecule has 0 bridgehead atoms. The van der Waals surface area contributed by atoms with E-state index in [1.165, 1.54) is 19.3 Å². The van der Waals surface area contributed by atoms with Crippen LogP contribution in [0.5, 0.6) is 0 Å². The van der Waals surface area contributed by atoms with Crippen LogP contribution in [0.15, 0.2) is 11.6 Å². The van der Waals surface area contributed by atoms with Crippen molar-refractivity contribution in [1.82, 2.24) is 5.32 Å². The molecule has 86 valence electrons. The molecule has 1 saturated carbocycles. The van der Waals surface area contributed by atoms with Gasteiger partial charge in [-0.25, -0.2) is 4.79 Å². The van der Waals surface area contributed by atoms with Gasteiger partial charge in [-0.1, -0.05) is 25.8 Å². The van der Waals surface area contributed by atoms with Gasteiger partial charge < -0.3 is 10.4 Å². The molecule has 0 aromatic rings. The van der Waals surface area contributed by atoms with E-state index in [9.17, 15) is 4.79 Å². The molecule has 0 spiro atoms. The Morgan fingerprint density at radius 2 is 2.27 bits per heavy atom. The van der Waals surface area contributed by atoms with E-state index in [1.807, 2.05) is 0 Å². The molecular weight excluding hydrogens is 190 g/mol. The Bertz CT molecular complexity index is 244. The molecule has 1 atom stereocenters. The third-order valence-electron chi connectivity index (χ3n) is 2.96. The largest absolute Gasteiger partial charge is 0.478 e. The van der Waals surface area contributed by atoms with Gasteiger partial charge in [-0.15, -0.1) is 0 Å². The van der Waals surface area contributed by atoms with Gasteiger partial charge in [0, 0.05) is 18.2 Å². The van der Waals surface area contributed by atoms with E-state index in [2.05, 4.69) is 12.2 Å². The maximum Gasteiger partial charge on any atom is 0.330 e. The number of carboxylic acid groups (broad SMARTS) is 1. The second-order valence-corrected chi connectivity index (χ2v) is 4.38. The van der Waals surface area contributed by atoms with Gasteiger partial charge in [0.15, 0.2) is 0 Å². The van der Waals surface area contributed by atoms with Gasteiger partial charge >= 0.3 is 5.97 Å². The van der Waals surface area contributed by atoms with Gasteiger partial charge in [0.2, 0.25) is 0 Å². The molecule has 0 aliphatic heterocycles. The second-order valence-electron chi connectivity index (χ2n) is 4.38. The van der Waals surface area contributed by atoms with Crippen LogP contribution in [0.4, 0.5) is 0 Å². The van der Waals surface area contributed by atoms with Crippen LogP contribution in [0.3, 0.4) is 0 Å². The first-order valence-electron chi connectivity index (χ1n) is 5.77. The molecule has 0 aromatic heterocycles. The highest BCUT2D eigenvalue weighted by atomic mass is 16.4. The SMILES string of the molecule is CCC(CC1CC1)NC/C=C(/C)C(=O)O. The van der Waals surface area contributed by atoms with E-state index in [1.54, 1.807) is 13.0 Å². The zero-order chi connectivity index (χ0) is 11.3. The highest BCUT2D eigenvalue weighted by molar-refractivity contribution is 5.85. The lowest BCUT2D eigenvalue weighted by atomic mass is 10.1. The molecule has 0 saturated heterocycles. The summed E-state index contributed by atoms with van der Waals surface area (Å²) in [6, 6.07) is 0.551. The summed E-state index contributed by atoms with van der Waals surface area (Å²) in [6.07, 6.45) is 6.87. The number of carbonyl (C=O) groups is 1. The average Bonchev–Trinajstić information content (AvgIpc) is 2.99. The third kappa shape index (κ3) is 4.98. The fourth-order valence-electron chi connectivity index (χ4n) is 1.62. The molecule has 1 aliphatic rings. The molecule has 15 heavy (non-hydrogen) atoms. The van der Waals surface area contributed by atoms with Gasteiger partial charge in [0.25, 0.3) is 0 Å². The van der Waals surface area contributed by atoms with Crippen molar-refractivity contribution in [2.45, 2.75) is 45.6 Å². The van der Waals surface area contributed by atoms with Crippen LogP contribution in [-0.2, 0) is 4.79 Å². The van der Waals surface area contributed by atoms with Gasteiger partial charge in [-0.2, -0.15) is 0 Å². The zero-order valence-electron chi connectivity index (χ0n) is 9.62. The normalized spacial score (nSPS) is 18.9. The first kappa shape index (κ1) is 12.2. The van der Waals surface area contributed by atoms with Gasteiger partial charge in [0.05, 0.1) is 0 Å². The summed E-state index contributed by atoms with van der Waals surface area (Å²) in [6.45, 7) is 4.48. The van der Waals surface area contributed by atoms with Crippen molar-refractivity contribution < 1.29 is 9.90 Å². The Morgan fingerprint density at radius 1 is 1.60 bits per heavy atom. The number of aliphatic carboxylic acids is 1. The fourth-order valence-corrected chi connectivity index (χ4v) is 1.62. The maximum absolute atomic E-state index is 10.5. The number of rotatable bonds is 7. The lowest BCUT2D eigenvalue weighted by molar-refractivity contribution is -0.132. The maximum atomic E-state index is 10.5. The lowest BCUT2D eigenvalue weighted by Crippen LogP contribution is -2.29. The van der Waals surface area contributed by atoms with Gasteiger partial charge in [0.1, 0.15) is 0 Å². The summed E-state index contributed by atoms with van der Waals surface area (Å²) in [7, 11) is 0. The molecule has 0 heterocycles. The summed E-state index contributed by atoms with van der Waals surface area (Å²) >= 11 is 0. The predicted octanol–water partition coefficient (Wildman–Crippen LogP) is 2.19. The van der Waals surface area contributed by atoms with Crippen LogP contribution in [0.1, 0.15) is 39.5 Å². The number of hydrogen-bond acceptors (Lipinski definition) is 2. The van der Waals surface area contributed by atoms with Crippen LogP contribution < -0.4 is 5.32 Å². The van der Waals surface area contributed by atoms with Crippen molar-refractivity contribution in [1.29, 1.82) is 0 Å². The van der Waals surface area contributed by atoms with Crippen molar-refractivity contribution in [3.05, 3.63) is 11.6 Å². The molecule has 0 radical (unpaired) electrons. The van der Waals surface area contributed by atoms with Crippen molar-refractivity contribution in [3.8, 4) is 0 Å². The third-order valence-corrected chi connectivity index (χ3v) is 2.96. The molecule has 3 nitrogen and oxygen atoms in total. The van der Waals surface area contributed by atoms with E-state index in [4.69, 9.17) is 5.11 Å². The summed E-state index contributed by atoms with van der Waals surface area (Å²) in [4.78, 5) is 10.5. The molecule has 1 aliphatic carbocycles. The fraction of sp³-hybridized carbons (Fsp3) is 0.750. The Hall–Kier alpha value is -0.830. The van der Waals surface area contributed by atoms with Crippen LogP contribution in [-0.4, -0.2) is 23.7 Å². The highest BCUT2D eigenvalue weighted by Crippen LogP contribution is 2.33. The van der Waals surface area contributed by atoms with Crippen LogP contribution in [0.25, 0.3) is 0 Å². The smallest absolute Gasteiger partial charge is 0.330 e. The Morgan fingerprint density at radius 3 is 2.73 bits per heavy atom.